The van der Waals surface area contributed by atoms with E-state index in [2.05, 4.69) is 10.4 Å². The summed E-state index contributed by atoms with van der Waals surface area (Å²) >= 11 is 0. The minimum atomic E-state index is -2.11. The van der Waals surface area contributed by atoms with Gasteiger partial charge in [0.1, 0.15) is 17.5 Å². The summed E-state index contributed by atoms with van der Waals surface area (Å²) < 4.78 is 13.5. The summed E-state index contributed by atoms with van der Waals surface area (Å²) in [5.41, 5.74) is 0.734. The summed E-state index contributed by atoms with van der Waals surface area (Å²) in [5.74, 6) is 0.894. The first-order chi connectivity index (χ1) is 15.0. The SMILES string of the molecule is CC(OCC1CCC(n2ncc3c(NC4CCCC4)nc(CCCO)nc32)O1)P(O)O. The molecule has 0 aromatic carbocycles. The van der Waals surface area contributed by atoms with E-state index in [1.807, 2.05) is 4.68 Å². The molecule has 2 fully saturated rings. The first kappa shape index (κ1) is 22.8. The van der Waals surface area contributed by atoms with Gasteiger partial charge in [0.05, 0.1) is 24.3 Å². The number of aliphatic hydroxyl groups is 1. The Morgan fingerprint density at radius 1 is 1.26 bits per heavy atom. The predicted octanol–water partition coefficient (Wildman–Crippen LogP) is 2.44. The second-order valence-corrected chi connectivity index (χ2v) is 9.68. The lowest BCUT2D eigenvalue weighted by molar-refractivity contribution is -0.0489. The van der Waals surface area contributed by atoms with Crippen LogP contribution in [0.5, 0.6) is 0 Å². The van der Waals surface area contributed by atoms with Crippen molar-refractivity contribution in [2.75, 3.05) is 18.5 Å². The largest absolute Gasteiger partial charge is 0.396 e. The molecule has 3 unspecified atom stereocenters. The number of nitrogens with zero attached hydrogens (tertiary/aromatic N) is 4. The van der Waals surface area contributed by atoms with Crippen LogP contribution in [0, 0.1) is 0 Å². The molecule has 1 aliphatic carbocycles. The first-order valence-corrected chi connectivity index (χ1v) is 12.4. The van der Waals surface area contributed by atoms with E-state index in [1.165, 1.54) is 12.8 Å². The van der Waals surface area contributed by atoms with Crippen molar-refractivity contribution in [3.05, 3.63) is 12.0 Å². The second-order valence-electron chi connectivity index (χ2n) is 8.31. The van der Waals surface area contributed by atoms with Gasteiger partial charge in [-0.2, -0.15) is 5.10 Å². The average molecular weight is 453 g/mol. The summed E-state index contributed by atoms with van der Waals surface area (Å²) in [5, 5.41) is 18.3. The fourth-order valence-corrected chi connectivity index (χ4v) is 4.43. The Bertz CT molecular complexity index is 860. The smallest absolute Gasteiger partial charge is 0.195 e. The van der Waals surface area contributed by atoms with Crippen LogP contribution >= 0.6 is 8.38 Å². The van der Waals surface area contributed by atoms with E-state index in [0.29, 0.717) is 31.3 Å². The van der Waals surface area contributed by atoms with Crippen LogP contribution in [0.1, 0.15) is 63.9 Å². The summed E-state index contributed by atoms with van der Waals surface area (Å²) in [7, 11) is -2.11. The van der Waals surface area contributed by atoms with Crippen molar-refractivity contribution in [3.8, 4) is 0 Å². The van der Waals surface area contributed by atoms with E-state index in [9.17, 15) is 14.9 Å². The van der Waals surface area contributed by atoms with Crippen LogP contribution < -0.4 is 5.32 Å². The summed E-state index contributed by atoms with van der Waals surface area (Å²) in [4.78, 5) is 27.9. The van der Waals surface area contributed by atoms with Gasteiger partial charge in [0.15, 0.2) is 20.3 Å². The molecule has 3 atom stereocenters. The Balaban J connectivity index is 1.52. The van der Waals surface area contributed by atoms with Crippen LogP contribution in [-0.4, -0.2) is 65.8 Å². The van der Waals surface area contributed by atoms with Gasteiger partial charge in [0.2, 0.25) is 0 Å². The molecule has 0 radical (unpaired) electrons. The quantitative estimate of drug-likeness (QED) is 0.400. The molecule has 4 N–H and O–H groups in total. The first-order valence-electron chi connectivity index (χ1n) is 11.1. The van der Waals surface area contributed by atoms with Crippen molar-refractivity contribution in [3.63, 3.8) is 0 Å². The number of aromatic nitrogens is 4. The maximum Gasteiger partial charge on any atom is 0.195 e. The molecule has 2 aliphatic rings. The molecule has 31 heavy (non-hydrogen) atoms. The monoisotopic (exact) mass is 453 g/mol. The summed E-state index contributed by atoms with van der Waals surface area (Å²) in [6.07, 6.45) is 8.92. The maximum atomic E-state index is 9.24. The molecule has 3 heterocycles. The van der Waals surface area contributed by atoms with Gasteiger partial charge < -0.3 is 29.7 Å². The molecule has 2 aromatic heterocycles. The van der Waals surface area contributed by atoms with Crippen LogP contribution in [0.3, 0.4) is 0 Å². The van der Waals surface area contributed by atoms with Gasteiger partial charge in [0, 0.05) is 19.1 Å². The number of aryl methyl sites for hydroxylation is 1. The van der Waals surface area contributed by atoms with Gasteiger partial charge in [-0.3, -0.25) is 0 Å². The Morgan fingerprint density at radius 3 is 2.81 bits per heavy atom. The summed E-state index contributed by atoms with van der Waals surface area (Å²) in [6, 6.07) is 0.418. The van der Waals surface area contributed by atoms with Gasteiger partial charge >= 0.3 is 0 Å². The third-order valence-corrected chi connectivity index (χ3v) is 6.76. The van der Waals surface area contributed by atoms with Crippen LogP contribution in [0.25, 0.3) is 11.0 Å². The van der Waals surface area contributed by atoms with E-state index in [0.717, 1.165) is 42.5 Å². The molecule has 0 bridgehead atoms. The zero-order valence-electron chi connectivity index (χ0n) is 17.9. The highest BCUT2D eigenvalue weighted by atomic mass is 31.2. The Kier molecular flexibility index (Phi) is 7.68. The number of rotatable bonds is 10. The molecular formula is C20H32N5O5P. The van der Waals surface area contributed by atoms with Gasteiger partial charge in [-0.1, -0.05) is 12.8 Å². The molecule has 4 rings (SSSR count). The number of hydrogen-bond donors (Lipinski definition) is 4. The number of anilines is 1. The summed E-state index contributed by atoms with van der Waals surface area (Å²) in [6.45, 7) is 2.05. The van der Waals surface area contributed by atoms with Crippen molar-refractivity contribution in [2.45, 2.75) is 82.5 Å². The molecule has 11 heteroatoms. The van der Waals surface area contributed by atoms with Crippen molar-refractivity contribution in [2.24, 2.45) is 0 Å². The fraction of sp³-hybridized carbons (Fsp3) is 0.750. The van der Waals surface area contributed by atoms with E-state index in [-0.39, 0.29) is 18.9 Å². The molecule has 1 aliphatic heterocycles. The molecule has 10 nitrogen and oxygen atoms in total. The lowest BCUT2D eigenvalue weighted by atomic mass is 10.2. The van der Waals surface area contributed by atoms with Crippen LogP contribution in [0.15, 0.2) is 6.20 Å². The van der Waals surface area contributed by atoms with Crippen molar-refractivity contribution in [1.82, 2.24) is 19.7 Å². The number of ether oxygens (including phenoxy) is 2. The van der Waals surface area contributed by atoms with Crippen molar-refractivity contribution < 1.29 is 24.4 Å². The molecule has 0 spiro atoms. The average Bonchev–Trinajstić information content (AvgIpc) is 3.50. The Morgan fingerprint density at radius 2 is 2.06 bits per heavy atom. The molecular weight excluding hydrogens is 421 g/mol. The minimum absolute atomic E-state index is 0.0990. The minimum Gasteiger partial charge on any atom is -0.396 e. The zero-order valence-corrected chi connectivity index (χ0v) is 18.7. The van der Waals surface area contributed by atoms with E-state index < -0.39 is 14.2 Å². The lowest BCUT2D eigenvalue weighted by Crippen LogP contribution is -2.20. The van der Waals surface area contributed by atoms with Crippen LogP contribution in [-0.2, 0) is 15.9 Å². The van der Waals surface area contributed by atoms with E-state index >= 15 is 0 Å². The number of aliphatic hydroxyl groups excluding tert-OH is 1. The third-order valence-electron chi connectivity index (χ3n) is 5.96. The van der Waals surface area contributed by atoms with E-state index in [1.54, 1.807) is 13.1 Å². The van der Waals surface area contributed by atoms with Gasteiger partial charge in [0.25, 0.3) is 0 Å². The normalized spacial score (nSPS) is 23.3. The van der Waals surface area contributed by atoms with Gasteiger partial charge in [-0.15, -0.1) is 0 Å². The number of hydrogen-bond acceptors (Lipinski definition) is 9. The van der Waals surface area contributed by atoms with Gasteiger partial charge in [-0.05, 0) is 39.0 Å². The molecule has 2 aromatic rings. The van der Waals surface area contributed by atoms with Crippen LogP contribution in [0.2, 0.25) is 0 Å². The Hall–Kier alpha value is -1.42. The number of nitrogens with one attached hydrogen (secondary N) is 1. The zero-order chi connectivity index (χ0) is 21.8. The third kappa shape index (κ3) is 5.50. The standard InChI is InChI=1S/C20H32N5O5P/c1-13(31(27)28)29-12-15-8-9-18(30-15)25-20-16(11-21-25)19(22-14-5-2-3-6-14)23-17(24-20)7-4-10-26/h11,13-15,18,26-28H,2-10,12H2,1H3,(H,22,23,24). The molecule has 1 saturated carbocycles. The van der Waals surface area contributed by atoms with Gasteiger partial charge in [-0.25, -0.2) is 14.6 Å². The lowest BCUT2D eigenvalue weighted by Gasteiger charge is -2.18. The highest BCUT2D eigenvalue weighted by Crippen LogP contribution is 2.35. The molecule has 172 valence electrons. The van der Waals surface area contributed by atoms with Crippen molar-refractivity contribution >= 4 is 25.2 Å². The topological polar surface area (TPSA) is 135 Å². The highest BCUT2D eigenvalue weighted by molar-refractivity contribution is 7.45. The van der Waals surface area contributed by atoms with Crippen molar-refractivity contribution in [1.29, 1.82) is 0 Å². The predicted molar refractivity (Wildman–Crippen MR) is 117 cm³/mol. The fourth-order valence-electron chi connectivity index (χ4n) is 4.21. The molecule has 0 amide bonds. The highest BCUT2D eigenvalue weighted by Gasteiger charge is 2.30. The Labute approximate surface area is 182 Å². The molecule has 1 saturated heterocycles. The number of fused-ring (bicyclic) bond motifs is 1. The maximum absolute atomic E-state index is 9.24. The van der Waals surface area contributed by atoms with Crippen LogP contribution in [0.4, 0.5) is 5.82 Å². The van der Waals surface area contributed by atoms with E-state index in [4.69, 9.17) is 19.4 Å². The second kappa shape index (κ2) is 10.5.